The van der Waals surface area contributed by atoms with Crippen molar-refractivity contribution >= 4 is 17.3 Å². The lowest BCUT2D eigenvalue weighted by atomic mass is 10.1. The molecule has 0 spiro atoms. The lowest BCUT2D eigenvalue weighted by molar-refractivity contribution is 0.0930. The van der Waals surface area contributed by atoms with Gasteiger partial charge in [-0.3, -0.25) is 4.79 Å². The van der Waals surface area contributed by atoms with E-state index in [9.17, 15) is 4.79 Å². The summed E-state index contributed by atoms with van der Waals surface area (Å²) in [7, 11) is 0. The van der Waals surface area contributed by atoms with Crippen LogP contribution in [0.3, 0.4) is 0 Å². The lowest BCUT2D eigenvalue weighted by Crippen LogP contribution is -2.36. The van der Waals surface area contributed by atoms with E-state index in [-0.39, 0.29) is 11.9 Å². The van der Waals surface area contributed by atoms with Crippen molar-refractivity contribution in [3.8, 4) is 0 Å². The van der Waals surface area contributed by atoms with Gasteiger partial charge in [0.05, 0.1) is 5.56 Å². The Hall–Kier alpha value is -1.71. The monoisotopic (exact) mass is 233 g/mol. The standard InChI is InChI=1S/C13H19N3O/c1-8-3-2-4-12(8)16-13(17)10-6-5-9(14)7-11(10)15/h5-8,12H,2-4,14-15H2,1H3,(H,16,17). The largest absolute Gasteiger partial charge is 0.399 e. The molecule has 92 valence electrons. The van der Waals surface area contributed by atoms with Crippen molar-refractivity contribution in [3.05, 3.63) is 23.8 Å². The van der Waals surface area contributed by atoms with Crippen LogP contribution in [0.15, 0.2) is 18.2 Å². The Labute approximate surface area is 101 Å². The Bertz CT molecular complexity index is 431. The predicted molar refractivity (Wildman–Crippen MR) is 69.5 cm³/mol. The number of hydrogen-bond acceptors (Lipinski definition) is 3. The summed E-state index contributed by atoms with van der Waals surface area (Å²) in [6.45, 7) is 2.17. The lowest BCUT2D eigenvalue weighted by Gasteiger charge is -2.18. The van der Waals surface area contributed by atoms with Gasteiger partial charge in [-0.05, 0) is 37.0 Å². The van der Waals surface area contributed by atoms with Crippen LogP contribution in [0.5, 0.6) is 0 Å². The van der Waals surface area contributed by atoms with Crippen molar-refractivity contribution in [3.63, 3.8) is 0 Å². The minimum Gasteiger partial charge on any atom is -0.399 e. The molecule has 17 heavy (non-hydrogen) atoms. The normalized spacial score (nSPS) is 23.6. The molecule has 1 amide bonds. The zero-order chi connectivity index (χ0) is 12.4. The average molecular weight is 233 g/mol. The molecule has 4 heteroatoms. The first-order valence-electron chi connectivity index (χ1n) is 6.04. The van der Waals surface area contributed by atoms with Gasteiger partial charge >= 0.3 is 0 Å². The minimum absolute atomic E-state index is 0.0961. The van der Waals surface area contributed by atoms with Gasteiger partial charge < -0.3 is 16.8 Å². The summed E-state index contributed by atoms with van der Waals surface area (Å²) >= 11 is 0. The van der Waals surface area contributed by atoms with Gasteiger partial charge in [-0.15, -0.1) is 0 Å². The smallest absolute Gasteiger partial charge is 0.253 e. The number of nitrogens with one attached hydrogen (secondary N) is 1. The summed E-state index contributed by atoms with van der Waals surface area (Å²) in [5.41, 5.74) is 12.9. The van der Waals surface area contributed by atoms with Gasteiger partial charge in [-0.1, -0.05) is 13.3 Å². The number of amides is 1. The van der Waals surface area contributed by atoms with Crippen LogP contribution in [0.25, 0.3) is 0 Å². The highest BCUT2D eigenvalue weighted by molar-refractivity contribution is 5.99. The number of rotatable bonds is 2. The summed E-state index contributed by atoms with van der Waals surface area (Å²) in [6, 6.07) is 5.27. The molecule has 5 N–H and O–H groups in total. The number of carbonyl (C=O) groups excluding carboxylic acids is 1. The third-order valence-corrected chi connectivity index (χ3v) is 3.50. The van der Waals surface area contributed by atoms with Crippen LogP contribution >= 0.6 is 0 Å². The van der Waals surface area contributed by atoms with E-state index in [0.29, 0.717) is 22.9 Å². The molecule has 2 atom stereocenters. The molecule has 1 aromatic carbocycles. The van der Waals surface area contributed by atoms with Gasteiger partial charge in [-0.25, -0.2) is 0 Å². The molecule has 1 aliphatic carbocycles. The van der Waals surface area contributed by atoms with Crippen molar-refractivity contribution < 1.29 is 4.79 Å². The predicted octanol–water partition coefficient (Wildman–Crippen LogP) is 1.77. The SMILES string of the molecule is CC1CCCC1NC(=O)c1ccc(N)cc1N. The molecule has 0 heterocycles. The zero-order valence-corrected chi connectivity index (χ0v) is 10.1. The second-order valence-electron chi connectivity index (χ2n) is 4.83. The maximum Gasteiger partial charge on any atom is 0.253 e. The van der Waals surface area contributed by atoms with Gasteiger partial charge in [0, 0.05) is 17.4 Å². The average Bonchev–Trinajstić information content (AvgIpc) is 2.64. The molecule has 2 unspecified atom stereocenters. The zero-order valence-electron chi connectivity index (χ0n) is 10.1. The quantitative estimate of drug-likeness (QED) is 0.681. The van der Waals surface area contributed by atoms with E-state index in [2.05, 4.69) is 12.2 Å². The van der Waals surface area contributed by atoms with E-state index in [0.717, 1.165) is 6.42 Å². The minimum atomic E-state index is -0.0961. The first-order valence-corrected chi connectivity index (χ1v) is 6.04. The van der Waals surface area contributed by atoms with Crippen LogP contribution in [-0.4, -0.2) is 11.9 Å². The van der Waals surface area contributed by atoms with E-state index in [1.807, 2.05) is 0 Å². The van der Waals surface area contributed by atoms with Crippen molar-refractivity contribution in [1.29, 1.82) is 0 Å². The van der Waals surface area contributed by atoms with Crippen molar-refractivity contribution in [2.45, 2.75) is 32.2 Å². The first-order chi connectivity index (χ1) is 8.08. The number of carbonyl (C=O) groups is 1. The maximum atomic E-state index is 12.0. The number of benzene rings is 1. The van der Waals surface area contributed by atoms with Crippen LogP contribution in [0.2, 0.25) is 0 Å². The van der Waals surface area contributed by atoms with Crippen molar-refractivity contribution in [2.75, 3.05) is 11.5 Å². The highest BCUT2D eigenvalue weighted by Gasteiger charge is 2.25. The molecule has 2 rings (SSSR count). The fourth-order valence-electron chi connectivity index (χ4n) is 2.39. The fourth-order valence-corrected chi connectivity index (χ4v) is 2.39. The van der Waals surface area contributed by atoms with Crippen LogP contribution in [0, 0.1) is 5.92 Å². The van der Waals surface area contributed by atoms with E-state index in [4.69, 9.17) is 11.5 Å². The molecule has 0 aromatic heterocycles. The molecule has 1 aromatic rings. The molecular weight excluding hydrogens is 214 g/mol. The summed E-state index contributed by atoms with van der Waals surface area (Å²) < 4.78 is 0. The van der Waals surface area contributed by atoms with E-state index in [1.54, 1.807) is 18.2 Å². The Morgan fingerprint density at radius 2 is 2.12 bits per heavy atom. The maximum absolute atomic E-state index is 12.0. The van der Waals surface area contributed by atoms with Gasteiger partial charge in [0.25, 0.3) is 5.91 Å². The van der Waals surface area contributed by atoms with E-state index < -0.39 is 0 Å². The van der Waals surface area contributed by atoms with Gasteiger partial charge in [-0.2, -0.15) is 0 Å². The molecule has 1 fully saturated rings. The van der Waals surface area contributed by atoms with Gasteiger partial charge in [0.2, 0.25) is 0 Å². The van der Waals surface area contributed by atoms with Gasteiger partial charge in [0.15, 0.2) is 0 Å². The Balaban J connectivity index is 2.09. The highest BCUT2D eigenvalue weighted by atomic mass is 16.1. The summed E-state index contributed by atoms with van der Waals surface area (Å²) in [6.07, 6.45) is 3.42. The molecule has 4 nitrogen and oxygen atoms in total. The second kappa shape index (κ2) is 4.65. The second-order valence-corrected chi connectivity index (χ2v) is 4.83. The summed E-state index contributed by atoms with van der Waals surface area (Å²) in [5, 5.41) is 3.05. The number of nitrogens with two attached hydrogens (primary N) is 2. The fraction of sp³-hybridized carbons (Fsp3) is 0.462. The molecule has 0 saturated heterocycles. The number of hydrogen-bond donors (Lipinski definition) is 3. The Kier molecular flexibility index (Phi) is 3.22. The van der Waals surface area contributed by atoms with Crippen LogP contribution < -0.4 is 16.8 Å². The summed E-state index contributed by atoms with van der Waals surface area (Å²) in [4.78, 5) is 12.0. The van der Waals surface area contributed by atoms with Gasteiger partial charge in [0.1, 0.15) is 0 Å². The van der Waals surface area contributed by atoms with Crippen LogP contribution in [0.1, 0.15) is 36.5 Å². The summed E-state index contributed by atoms with van der Waals surface area (Å²) in [5.74, 6) is 0.454. The first kappa shape index (κ1) is 11.8. The van der Waals surface area contributed by atoms with E-state index in [1.165, 1.54) is 12.8 Å². The molecular formula is C13H19N3O. The third-order valence-electron chi connectivity index (χ3n) is 3.50. The molecule has 0 radical (unpaired) electrons. The van der Waals surface area contributed by atoms with Crippen LogP contribution in [-0.2, 0) is 0 Å². The Morgan fingerprint density at radius 1 is 1.35 bits per heavy atom. The number of anilines is 2. The van der Waals surface area contributed by atoms with Crippen LogP contribution in [0.4, 0.5) is 11.4 Å². The van der Waals surface area contributed by atoms with Crippen molar-refractivity contribution in [2.24, 2.45) is 5.92 Å². The highest BCUT2D eigenvalue weighted by Crippen LogP contribution is 2.25. The Morgan fingerprint density at radius 3 is 2.71 bits per heavy atom. The molecule has 1 aliphatic rings. The topological polar surface area (TPSA) is 81.1 Å². The molecule has 0 bridgehead atoms. The molecule has 1 saturated carbocycles. The molecule has 0 aliphatic heterocycles. The third kappa shape index (κ3) is 2.52. The number of nitrogen functional groups attached to an aromatic ring is 2. The van der Waals surface area contributed by atoms with E-state index >= 15 is 0 Å². The van der Waals surface area contributed by atoms with Crippen molar-refractivity contribution in [1.82, 2.24) is 5.32 Å².